The molecule has 2 aliphatic heterocycles. The average Bonchev–Trinajstić information content (AvgIpc) is 2.80. The van der Waals surface area contributed by atoms with E-state index in [1.807, 2.05) is 20.0 Å². The SMILES string of the molecule is CNc1nc(C)cc(N2CCCC3C(=O)NCC32)n1. The number of nitrogens with zero attached hydrogens (tertiary/aromatic N) is 3. The number of aromatic nitrogens is 2. The number of carbonyl (C=O) groups excluding carboxylic acids is 1. The van der Waals surface area contributed by atoms with Gasteiger partial charge in [-0.2, -0.15) is 4.98 Å². The Hall–Kier alpha value is -1.85. The van der Waals surface area contributed by atoms with E-state index in [1.165, 1.54) is 0 Å². The zero-order chi connectivity index (χ0) is 13.4. The van der Waals surface area contributed by atoms with Crippen LogP contribution in [-0.4, -0.2) is 42.1 Å². The first kappa shape index (κ1) is 12.2. The summed E-state index contributed by atoms with van der Waals surface area (Å²) in [5, 5.41) is 5.95. The molecule has 2 aliphatic rings. The van der Waals surface area contributed by atoms with Gasteiger partial charge in [0.2, 0.25) is 11.9 Å². The minimum absolute atomic E-state index is 0.113. The van der Waals surface area contributed by atoms with Crippen LogP contribution >= 0.6 is 0 Å². The molecule has 102 valence electrons. The maximum absolute atomic E-state index is 11.8. The van der Waals surface area contributed by atoms with Gasteiger partial charge in [-0.05, 0) is 19.8 Å². The van der Waals surface area contributed by atoms with Crippen molar-refractivity contribution < 1.29 is 4.79 Å². The summed E-state index contributed by atoms with van der Waals surface area (Å²) >= 11 is 0. The molecule has 0 aromatic carbocycles. The molecule has 6 heteroatoms. The van der Waals surface area contributed by atoms with Crippen LogP contribution in [0.2, 0.25) is 0 Å². The molecule has 0 aliphatic carbocycles. The fourth-order valence-electron chi connectivity index (χ4n) is 3.05. The quantitative estimate of drug-likeness (QED) is 0.813. The molecule has 0 saturated carbocycles. The van der Waals surface area contributed by atoms with E-state index in [2.05, 4.69) is 25.5 Å². The number of amides is 1. The predicted molar refractivity (Wildman–Crippen MR) is 73.2 cm³/mol. The van der Waals surface area contributed by atoms with Crippen LogP contribution in [0.4, 0.5) is 11.8 Å². The molecule has 1 amide bonds. The standard InChI is InChI=1S/C13H19N5O/c1-8-6-11(17-13(14-2)16-8)18-5-3-4-9-10(18)7-15-12(9)19/h6,9-10H,3-5,7H2,1-2H3,(H,15,19)(H,14,16,17). The van der Waals surface area contributed by atoms with Gasteiger partial charge in [-0.1, -0.05) is 0 Å². The zero-order valence-corrected chi connectivity index (χ0v) is 11.3. The van der Waals surface area contributed by atoms with Gasteiger partial charge in [0, 0.05) is 31.9 Å². The first-order chi connectivity index (χ1) is 9.19. The summed E-state index contributed by atoms with van der Waals surface area (Å²) in [5.74, 6) is 1.86. The Bertz CT molecular complexity index is 504. The highest BCUT2D eigenvalue weighted by atomic mass is 16.2. The van der Waals surface area contributed by atoms with Crippen LogP contribution in [0.25, 0.3) is 0 Å². The second-order valence-electron chi connectivity index (χ2n) is 5.20. The van der Waals surface area contributed by atoms with Crippen LogP contribution in [0.5, 0.6) is 0 Å². The second-order valence-corrected chi connectivity index (χ2v) is 5.20. The Morgan fingerprint density at radius 3 is 3.11 bits per heavy atom. The lowest BCUT2D eigenvalue weighted by atomic mass is 9.91. The van der Waals surface area contributed by atoms with Crippen molar-refractivity contribution >= 4 is 17.7 Å². The van der Waals surface area contributed by atoms with Crippen molar-refractivity contribution in [2.24, 2.45) is 5.92 Å². The van der Waals surface area contributed by atoms with E-state index in [0.717, 1.165) is 37.4 Å². The summed E-state index contributed by atoms with van der Waals surface area (Å²) in [6.45, 7) is 3.64. The normalized spacial score (nSPS) is 26.0. The predicted octanol–water partition coefficient (Wildman–Crippen LogP) is 0.542. The molecule has 3 heterocycles. The van der Waals surface area contributed by atoms with E-state index in [1.54, 1.807) is 0 Å². The average molecular weight is 261 g/mol. The molecule has 19 heavy (non-hydrogen) atoms. The van der Waals surface area contributed by atoms with E-state index < -0.39 is 0 Å². The van der Waals surface area contributed by atoms with Crippen LogP contribution in [0.3, 0.4) is 0 Å². The van der Waals surface area contributed by atoms with Crippen LogP contribution < -0.4 is 15.5 Å². The summed E-state index contributed by atoms with van der Waals surface area (Å²) in [6, 6.07) is 2.23. The minimum atomic E-state index is 0.113. The molecule has 0 spiro atoms. The number of rotatable bonds is 2. The number of nitrogens with one attached hydrogen (secondary N) is 2. The number of anilines is 2. The van der Waals surface area contributed by atoms with Crippen molar-refractivity contribution in [3.05, 3.63) is 11.8 Å². The van der Waals surface area contributed by atoms with Crippen molar-refractivity contribution in [2.75, 3.05) is 30.4 Å². The highest BCUT2D eigenvalue weighted by molar-refractivity contribution is 5.83. The topological polar surface area (TPSA) is 70.2 Å². The fraction of sp³-hybridized carbons (Fsp3) is 0.615. The van der Waals surface area contributed by atoms with Gasteiger partial charge in [-0.3, -0.25) is 4.79 Å². The largest absolute Gasteiger partial charge is 0.357 e. The van der Waals surface area contributed by atoms with E-state index in [9.17, 15) is 4.79 Å². The lowest BCUT2D eigenvalue weighted by Gasteiger charge is -2.36. The molecule has 1 aromatic rings. The summed E-state index contributed by atoms with van der Waals surface area (Å²) < 4.78 is 0. The Morgan fingerprint density at radius 2 is 2.32 bits per heavy atom. The molecule has 0 radical (unpaired) electrons. The van der Waals surface area contributed by atoms with E-state index in [0.29, 0.717) is 5.95 Å². The van der Waals surface area contributed by atoms with Crippen LogP contribution in [0.1, 0.15) is 18.5 Å². The smallest absolute Gasteiger partial charge is 0.225 e. The molecular weight excluding hydrogens is 242 g/mol. The minimum Gasteiger partial charge on any atom is -0.357 e. The number of piperidine rings is 1. The van der Waals surface area contributed by atoms with Gasteiger partial charge < -0.3 is 15.5 Å². The highest BCUT2D eigenvalue weighted by Crippen LogP contribution is 2.31. The maximum atomic E-state index is 11.8. The summed E-state index contributed by atoms with van der Waals surface area (Å²) in [6.07, 6.45) is 2.02. The molecule has 2 unspecified atom stereocenters. The van der Waals surface area contributed by atoms with Crippen molar-refractivity contribution in [3.8, 4) is 0 Å². The van der Waals surface area contributed by atoms with Gasteiger partial charge in [0.25, 0.3) is 0 Å². The maximum Gasteiger partial charge on any atom is 0.225 e. The van der Waals surface area contributed by atoms with Crippen LogP contribution in [0.15, 0.2) is 6.07 Å². The molecule has 0 bridgehead atoms. The number of carbonyl (C=O) groups is 1. The molecular formula is C13H19N5O. The van der Waals surface area contributed by atoms with Gasteiger partial charge in [0.1, 0.15) is 5.82 Å². The Kier molecular flexibility index (Phi) is 3.00. The van der Waals surface area contributed by atoms with Crippen LogP contribution in [-0.2, 0) is 4.79 Å². The third-order valence-corrected chi connectivity index (χ3v) is 3.96. The number of hydrogen-bond acceptors (Lipinski definition) is 5. The number of hydrogen-bond donors (Lipinski definition) is 2. The molecule has 3 rings (SSSR count). The lowest BCUT2D eigenvalue weighted by Crippen LogP contribution is -2.46. The zero-order valence-electron chi connectivity index (χ0n) is 11.3. The summed E-state index contributed by atoms with van der Waals surface area (Å²) in [4.78, 5) is 22.9. The lowest BCUT2D eigenvalue weighted by molar-refractivity contribution is -0.122. The number of fused-ring (bicyclic) bond motifs is 1. The highest BCUT2D eigenvalue weighted by Gasteiger charge is 2.41. The Morgan fingerprint density at radius 1 is 1.47 bits per heavy atom. The van der Waals surface area contributed by atoms with Gasteiger partial charge in [-0.25, -0.2) is 4.98 Å². The first-order valence-corrected chi connectivity index (χ1v) is 6.77. The van der Waals surface area contributed by atoms with Gasteiger partial charge in [0.05, 0.1) is 12.0 Å². The number of aryl methyl sites for hydroxylation is 1. The molecule has 2 fully saturated rings. The molecule has 2 saturated heterocycles. The van der Waals surface area contributed by atoms with Crippen molar-refractivity contribution in [3.63, 3.8) is 0 Å². The van der Waals surface area contributed by atoms with Crippen molar-refractivity contribution in [1.29, 1.82) is 0 Å². The molecule has 2 N–H and O–H groups in total. The molecule has 1 aromatic heterocycles. The van der Waals surface area contributed by atoms with Gasteiger partial charge in [0.15, 0.2) is 0 Å². The fourth-order valence-corrected chi connectivity index (χ4v) is 3.05. The second kappa shape index (κ2) is 4.68. The first-order valence-electron chi connectivity index (χ1n) is 6.77. The Labute approximate surface area is 112 Å². The van der Waals surface area contributed by atoms with E-state index in [4.69, 9.17) is 0 Å². The van der Waals surface area contributed by atoms with Crippen LogP contribution in [0, 0.1) is 12.8 Å². The summed E-state index contributed by atoms with van der Waals surface area (Å²) in [7, 11) is 1.82. The monoisotopic (exact) mass is 261 g/mol. The van der Waals surface area contributed by atoms with Gasteiger partial charge in [-0.15, -0.1) is 0 Å². The van der Waals surface area contributed by atoms with Crippen molar-refractivity contribution in [2.45, 2.75) is 25.8 Å². The van der Waals surface area contributed by atoms with Gasteiger partial charge >= 0.3 is 0 Å². The third-order valence-electron chi connectivity index (χ3n) is 3.96. The van der Waals surface area contributed by atoms with E-state index in [-0.39, 0.29) is 17.9 Å². The molecule has 6 nitrogen and oxygen atoms in total. The van der Waals surface area contributed by atoms with E-state index >= 15 is 0 Å². The summed E-state index contributed by atoms with van der Waals surface area (Å²) in [5.41, 5.74) is 0.939. The Balaban J connectivity index is 1.92. The molecule has 2 atom stereocenters. The third kappa shape index (κ3) is 2.11. The van der Waals surface area contributed by atoms with Crippen molar-refractivity contribution in [1.82, 2.24) is 15.3 Å².